The summed E-state index contributed by atoms with van der Waals surface area (Å²) in [5.74, 6) is 0.202. The molecule has 0 unspecified atom stereocenters. The van der Waals surface area contributed by atoms with Gasteiger partial charge in [-0.1, -0.05) is 18.2 Å². The fraction of sp³-hybridized carbons (Fsp3) is 0.333. The molecule has 1 saturated heterocycles. The van der Waals surface area contributed by atoms with E-state index >= 15 is 0 Å². The Bertz CT molecular complexity index is 876. The van der Waals surface area contributed by atoms with E-state index in [-0.39, 0.29) is 11.5 Å². The van der Waals surface area contributed by atoms with Gasteiger partial charge in [0.25, 0.3) is 11.5 Å². The van der Waals surface area contributed by atoms with Gasteiger partial charge < -0.3 is 9.88 Å². The van der Waals surface area contributed by atoms with Crippen molar-refractivity contribution in [2.24, 2.45) is 0 Å². The highest BCUT2D eigenvalue weighted by molar-refractivity contribution is 5.93. The summed E-state index contributed by atoms with van der Waals surface area (Å²) in [5.41, 5.74) is 1.35. The molecule has 0 atom stereocenters. The fourth-order valence-electron chi connectivity index (χ4n) is 2.92. The summed E-state index contributed by atoms with van der Waals surface area (Å²) in [5, 5.41) is 9.17. The third kappa shape index (κ3) is 3.75. The second-order valence-electron chi connectivity index (χ2n) is 6.05. The van der Waals surface area contributed by atoms with Crippen LogP contribution in [0.5, 0.6) is 0 Å². The van der Waals surface area contributed by atoms with Crippen molar-refractivity contribution >= 4 is 5.91 Å². The first-order valence-corrected chi connectivity index (χ1v) is 8.14. The number of piperazine rings is 1. The summed E-state index contributed by atoms with van der Waals surface area (Å²) in [6.45, 7) is 4.83. The standard InChI is InChI=1S/C18H19N5O2/c1-13-20-11-16(17(24)21-13)18(25)23-8-6-22(7-9-23)12-15-5-3-2-4-14(15)10-19/h2-5,11H,6-9,12H2,1H3,(H,20,21,24). The Labute approximate surface area is 145 Å². The van der Waals surface area contributed by atoms with E-state index < -0.39 is 5.56 Å². The van der Waals surface area contributed by atoms with Crippen LogP contribution in [0.4, 0.5) is 0 Å². The van der Waals surface area contributed by atoms with Gasteiger partial charge in [-0.2, -0.15) is 5.26 Å². The van der Waals surface area contributed by atoms with E-state index in [0.29, 0.717) is 44.1 Å². The zero-order valence-corrected chi connectivity index (χ0v) is 14.0. The molecule has 1 N–H and O–H groups in total. The summed E-state index contributed by atoms with van der Waals surface area (Å²) in [6.07, 6.45) is 1.34. The highest BCUT2D eigenvalue weighted by Gasteiger charge is 2.24. The van der Waals surface area contributed by atoms with Gasteiger partial charge in [-0.3, -0.25) is 14.5 Å². The van der Waals surface area contributed by atoms with Crippen molar-refractivity contribution in [3.05, 3.63) is 63.3 Å². The van der Waals surface area contributed by atoms with E-state index in [1.165, 1.54) is 6.20 Å². The highest BCUT2D eigenvalue weighted by atomic mass is 16.2. The Morgan fingerprint density at radius 1 is 1.28 bits per heavy atom. The van der Waals surface area contributed by atoms with Gasteiger partial charge in [-0.15, -0.1) is 0 Å². The molecule has 25 heavy (non-hydrogen) atoms. The van der Waals surface area contributed by atoms with Crippen molar-refractivity contribution in [1.29, 1.82) is 5.26 Å². The lowest BCUT2D eigenvalue weighted by Crippen LogP contribution is -2.49. The second kappa shape index (κ2) is 7.28. The number of hydrogen-bond donors (Lipinski definition) is 1. The molecule has 2 aromatic rings. The molecule has 7 heteroatoms. The molecule has 0 bridgehead atoms. The molecule has 1 fully saturated rings. The number of nitrogens with zero attached hydrogens (tertiary/aromatic N) is 4. The third-order valence-corrected chi connectivity index (χ3v) is 4.35. The Hall–Kier alpha value is -2.98. The van der Waals surface area contributed by atoms with Crippen LogP contribution < -0.4 is 5.56 Å². The van der Waals surface area contributed by atoms with Gasteiger partial charge in [0.05, 0.1) is 11.6 Å². The lowest BCUT2D eigenvalue weighted by atomic mass is 10.1. The normalized spacial score (nSPS) is 15.0. The van der Waals surface area contributed by atoms with Gasteiger partial charge in [-0.25, -0.2) is 4.98 Å². The lowest BCUT2D eigenvalue weighted by molar-refractivity contribution is 0.0626. The third-order valence-electron chi connectivity index (χ3n) is 4.35. The Morgan fingerprint density at radius 3 is 2.68 bits per heavy atom. The molecule has 1 aliphatic rings. The summed E-state index contributed by atoms with van der Waals surface area (Å²) >= 11 is 0. The predicted octanol–water partition coefficient (Wildman–Crippen LogP) is 0.908. The first-order valence-electron chi connectivity index (χ1n) is 8.14. The molecule has 128 valence electrons. The predicted molar refractivity (Wildman–Crippen MR) is 91.9 cm³/mol. The molecule has 2 heterocycles. The van der Waals surface area contributed by atoms with Crippen molar-refractivity contribution in [2.45, 2.75) is 13.5 Å². The number of nitrogens with one attached hydrogen (secondary N) is 1. The van der Waals surface area contributed by atoms with Gasteiger partial charge >= 0.3 is 0 Å². The Kier molecular flexibility index (Phi) is 4.91. The molecule has 7 nitrogen and oxygen atoms in total. The molecular formula is C18H19N5O2. The maximum Gasteiger partial charge on any atom is 0.263 e. The minimum absolute atomic E-state index is 0.0777. The molecule has 1 aromatic carbocycles. The quantitative estimate of drug-likeness (QED) is 0.898. The number of carbonyl (C=O) groups is 1. The van der Waals surface area contributed by atoms with Crippen LogP contribution >= 0.6 is 0 Å². The zero-order valence-electron chi connectivity index (χ0n) is 14.0. The molecule has 0 aliphatic carbocycles. The summed E-state index contributed by atoms with van der Waals surface area (Å²) < 4.78 is 0. The SMILES string of the molecule is Cc1ncc(C(=O)N2CCN(Cc3ccccc3C#N)CC2)c(=O)[nH]1. The number of nitriles is 1. The van der Waals surface area contributed by atoms with Crippen molar-refractivity contribution in [3.8, 4) is 6.07 Å². The maximum absolute atomic E-state index is 12.5. The molecule has 0 saturated carbocycles. The first kappa shape index (κ1) is 16.9. The number of benzene rings is 1. The number of carbonyl (C=O) groups excluding carboxylic acids is 1. The lowest BCUT2D eigenvalue weighted by Gasteiger charge is -2.34. The summed E-state index contributed by atoms with van der Waals surface area (Å²) in [6, 6.07) is 9.75. The number of aromatic amines is 1. The molecule has 1 aliphatic heterocycles. The molecular weight excluding hydrogens is 318 g/mol. The van der Waals surface area contributed by atoms with E-state index in [9.17, 15) is 14.9 Å². The van der Waals surface area contributed by atoms with Gasteiger partial charge in [0, 0.05) is 38.9 Å². The average Bonchev–Trinajstić information content (AvgIpc) is 2.62. The number of aromatic nitrogens is 2. The number of aryl methyl sites for hydroxylation is 1. The van der Waals surface area contributed by atoms with Crippen LogP contribution in [-0.4, -0.2) is 51.9 Å². The maximum atomic E-state index is 12.5. The van der Waals surface area contributed by atoms with Crippen molar-refractivity contribution in [1.82, 2.24) is 19.8 Å². The molecule has 1 aromatic heterocycles. The van der Waals surface area contributed by atoms with E-state index in [1.807, 2.05) is 24.3 Å². The van der Waals surface area contributed by atoms with Crippen LogP contribution in [0, 0.1) is 18.3 Å². The number of H-pyrrole nitrogens is 1. The van der Waals surface area contributed by atoms with Crippen molar-refractivity contribution in [2.75, 3.05) is 26.2 Å². The van der Waals surface area contributed by atoms with E-state index in [0.717, 1.165) is 5.56 Å². The Balaban J connectivity index is 1.63. The largest absolute Gasteiger partial charge is 0.336 e. The van der Waals surface area contributed by atoms with Crippen LogP contribution in [0.2, 0.25) is 0 Å². The van der Waals surface area contributed by atoms with Gasteiger partial charge in [0.1, 0.15) is 11.4 Å². The smallest absolute Gasteiger partial charge is 0.263 e. The molecule has 0 spiro atoms. The topological polar surface area (TPSA) is 93.1 Å². The van der Waals surface area contributed by atoms with Gasteiger partial charge in [0.2, 0.25) is 0 Å². The monoisotopic (exact) mass is 337 g/mol. The highest BCUT2D eigenvalue weighted by Crippen LogP contribution is 2.13. The molecule has 3 rings (SSSR count). The number of rotatable bonds is 3. The van der Waals surface area contributed by atoms with Gasteiger partial charge in [0.15, 0.2) is 0 Å². The summed E-state index contributed by atoms with van der Waals surface area (Å²) in [4.78, 5) is 34.9. The van der Waals surface area contributed by atoms with Crippen LogP contribution in [0.1, 0.15) is 27.3 Å². The van der Waals surface area contributed by atoms with E-state index in [1.54, 1.807) is 11.8 Å². The second-order valence-corrected chi connectivity index (χ2v) is 6.05. The van der Waals surface area contributed by atoms with Crippen molar-refractivity contribution in [3.63, 3.8) is 0 Å². The van der Waals surface area contributed by atoms with Crippen LogP contribution in [-0.2, 0) is 6.54 Å². The Morgan fingerprint density at radius 2 is 2.00 bits per heavy atom. The van der Waals surface area contributed by atoms with Crippen molar-refractivity contribution < 1.29 is 4.79 Å². The van der Waals surface area contributed by atoms with Crippen LogP contribution in [0.15, 0.2) is 35.3 Å². The summed E-state index contributed by atoms with van der Waals surface area (Å²) in [7, 11) is 0. The molecule has 1 amide bonds. The first-order chi connectivity index (χ1) is 12.1. The van der Waals surface area contributed by atoms with E-state index in [2.05, 4.69) is 20.9 Å². The minimum Gasteiger partial charge on any atom is -0.336 e. The minimum atomic E-state index is -0.400. The zero-order chi connectivity index (χ0) is 17.8. The van der Waals surface area contributed by atoms with E-state index in [4.69, 9.17) is 0 Å². The van der Waals surface area contributed by atoms with Crippen LogP contribution in [0.3, 0.4) is 0 Å². The van der Waals surface area contributed by atoms with Crippen LogP contribution in [0.25, 0.3) is 0 Å². The fourth-order valence-corrected chi connectivity index (χ4v) is 2.92. The number of amides is 1. The average molecular weight is 337 g/mol. The molecule has 0 radical (unpaired) electrons. The van der Waals surface area contributed by atoms with Gasteiger partial charge in [-0.05, 0) is 18.6 Å². The number of hydrogen-bond acceptors (Lipinski definition) is 5.